The second-order valence-corrected chi connectivity index (χ2v) is 2.05. The monoisotopic (exact) mass is 144 g/mol. The van der Waals surface area contributed by atoms with E-state index in [0.717, 1.165) is 0 Å². The molecule has 0 amide bonds. The van der Waals surface area contributed by atoms with Gasteiger partial charge in [0.2, 0.25) is 0 Å². The van der Waals surface area contributed by atoms with E-state index >= 15 is 0 Å². The molecule has 0 saturated heterocycles. The molecule has 1 rings (SSSR count). The van der Waals surface area contributed by atoms with Crippen LogP contribution in [0.4, 0.5) is 5.82 Å². The topological polar surface area (TPSA) is 58.9 Å². The number of rotatable bonds is 0. The van der Waals surface area contributed by atoms with Crippen LogP contribution < -0.4 is 11.3 Å². The molecule has 4 heteroatoms. The van der Waals surface area contributed by atoms with E-state index in [1.165, 1.54) is 12.1 Å². The molecule has 0 bridgehead atoms. The zero-order valence-electron chi connectivity index (χ0n) is 4.52. The van der Waals surface area contributed by atoms with Crippen LogP contribution in [0.15, 0.2) is 16.9 Å². The number of H-pyrrole nitrogens is 1. The summed E-state index contributed by atoms with van der Waals surface area (Å²) in [5.41, 5.74) is 4.94. The largest absolute Gasteiger partial charge is 0.385 e. The van der Waals surface area contributed by atoms with Crippen LogP contribution >= 0.6 is 11.6 Å². The highest BCUT2D eigenvalue weighted by molar-refractivity contribution is 6.30. The molecule has 0 spiro atoms. The van der Waals surface area contributed by atoms with Crippen LogP contribution in [0.25, 0.3) is 0 Å². The summed E-state index contributed by atoms with van der Waals surface area (Å²) >= 11 is 5.45. The van der Waals surface area contributed by atoms with Crippen molar-refractivity contribution in [2.24, 2.45) is 0 Å². The molecule has 0 saturated carbocycles. The van der Waals surface area contributed by atoms with Gasteiger partial charge in [0, 0.05) is 11.1 Å². The van der Waals surface area contributed by atoms with E-state index in [4.69, 9.17) is 17.3 Å². The lowest BCUT2D eigenvalue weighted by atomic mass is 10.5. The van der Waals surface area contributed by atoms with Gasteiger partial charge in [-0.05, 0) is 6.07 Å². The summed E-state index contributed by atoms with van der Waals surface area (Å²) in [7, 11) is 0. The van der Waals surface area contributed by atoms with Crippen LogP contribution in [0.5, 0.6) is 0 Å². The number of nitrogens with two attached hydrogens (primary N) is 1. The lowest BCUT2D eigenvalue weighted by Crippen LogP contribution is -2.05. The zero-order valence-corrected chi connectivity index (χ0v) is 5.27. The fourth-order valence-corrected chi connectivity index (χ4v) is 0.747. The lowest BCUT2D eigenvalue weighted by molar-refractivity contribution is 1.25. The molecule has 0 aliphatic rings. The summed E-state index contributed by atoms with van der Waals surface area (Å²) < 4.78 is 0. The molecule has 3 N–H and O–H groups in total. The summed E-state index contributed by atoms with van der Waals surface area (Å²) in [5.74, 6) is 0.285. The van der Waals surface area contributed by atoms with E-state index in [2.05, 4.69) is 4.98 Å². The van der Waals surface area contributed by atoms with Crippen molar-refractivity contribution in [2.75, 3.05) is 5.73 Å². The SMILES string of the molecule is Nc1cc(Cl)cc(=O)[nH]1. The summed E-state index contributed by atoms with van der Waals surface area (Å²) in [6.45, 7) is 0. The van der Waals surface area contributed by atoms with Gasteiger partial charge in [0.1, 0.15) is 5.82 Å². The Morgan fingerprint density at radius 3 is 2.67 bits per heavy atom. The van der Waals surface area contributed by atoms with Gasteiger partial charge in [-0.25, -0.2) is 0 Å². The van der Waals surface area contributed by atoms with Crippen molar-refractivity contribution in [3.05, 3.63) is 27.5 Å². The maximum Gasteiger partial charge on any atom is 0.250 e. The number of nitrogen functional groups attached to an aromatic ring is 1. The minimum Gasteiger partial charge on any atom is -0.385 e. The first-order valence-electron chi connectivity index (χ1n) is 2.34. The highest BCUT2D eigenvalue weighted by atomic mass is 35.5. The first-order chi connectivity index (χ1) is 4.18. The van der Waals surface area contributed by atoms with Crippen molar-refractivity contribution in [3.63, 3.8) is 0 Å². The van der Waals surface area contributed by atoms with Crippen LogP contribution in [0.3, 0.4) is 0 Å². The molecule has 0 atom stereocenters. The fourth-order valence-electron chi connectivity index (χ4n) is 0.530. The minimum absolute atomic E-state index is 0.278. The van der Waals surface area contributed by atoms with E-state index in [1.54, 1.807) is 0 Å². The summed E-state index contributed by atoms with van der Waals surface area (Å²) in [5, 5.41) is 0.358. The molecule has 1 aromatic rings. The first kappa shape index (κ1) is 6.16. The van der Waals surface area contributed by atoms with Gasteiger partial charge in [-0.15, -0.1) is 0 Å². The maximum absolute atomic E-state index is 10.5. The molecule has 1 aromatic heterocycles. The van der Waals surface area contributed by atoms with Gasteiger partial charge >= 0.3 is 0 Å². The molecule has 0 radical (unpaired) electrons. The van der Waals surface area contributed by atoms with Gasteiger partial charge in [-0.1, -0.05) is 11.6 Å². The van der Waals surface area contributed by atoms with E-state index < -0.39 is 0 Å². The molecule has 0 fully saturated rings. The Balaban J connectivity index is 3.33. The molecule has 0 aliphatic heterocycles. The van der Waals surface area contributed by atoms with Gasteiger partial charge in [0.05, 0.1) is 0 Å². The third-order valence-electron chi connectivity index (χ3n) is 0.830. The predicted octanol–water partition coefficient (Wildman–Crippen LogP) is 0.611. The molecular weight excluding hydrogens is 140 g/mol. The number of hydrogen-bond acceptors (Lipinski definition) is 2. The lowest BCUT2D eigenvalue weighted by Gasteiger charge is -1.90. The smallest absolute Gasteiger partial charge is 0.250 e. The molecule has 48 valence electrons. The van der Waals surface area contributed by atoms with Gasteiger partial charge in [-0.3, -0.25) is 4.79 Å². The van der Waals surface area contributed by atoms with Crippen molar-refractivity contribution in [1.29, 1.82) is 0 Å². The second kappa shape index (κ2) is 2.11. The van der Waals surface area contributed by atoms with Crippen LogP contribution in [0, 0.1) is 0 Å². The quantitative estimate of drug-likeness (QED) is 0.561. The van der Waals surface area contributed by atoms with E-state index in [1.807, 2.05) is 0 Å². The molecular formula is C5H5ClN2O. The van der Waals surface area contributed by atoms with E-state index in [9.17, 15) is 4.79 Å². The molecule has 9 heavy (non-hydrogen) atoms. The average Bonchev–Trinajstić information content (AvgIpc) is 1.59. The van der Waals surface area contributed by atoms with Crippen molar-refractivity contribution in [1.82, 2.24) is 4.98 Å². The summed E-state index contributed by atoms with van der Waals surface area (Å²) in [6, 6.07) is 2.74. The highest BCUT2D eigenvalue weighted by Crippen LogP contribution is 2.05. The number of pyridine rings is 1. The van der Waals surface area contributed by atoms with Crippen molar-refractivity contribution >= 4 is 17.4 Å². The van der Waals surface area contributed by atoms with Gasteiger partial charge in [0.25, 0.3) is 5.56 Å². The van der Waals surface area contributed by atoms with Crippen molar-refractivity contribution in [2.45, 2.75) is 0 Å². The fraction of sp³-hybridized carbons (Fsp3) is 0. The standard InChI is InChI=1S/C5H5ClN2O/c6-3-1-4(7)8-5(9)2-3/h1-2H,(H3,7,8,9). The highest BCUT2D eigenvalue weighted by Gasteiger charge is 1.89. The first-order valence-corrected chi connectivity index (χ1v) is 2.71. The van der Waals surface area contributed by atoms with E-state index in [-0.39, 0.29) is 11.4 Å². The van der Waals surface area contributed by atoms with Crippen LogP contribution in [-0.2, 0) is 0 Å². The Bertz CT molecular complexity index is 245. The normalized spacial score (nSPS) is 9.44. The summed E-state index contributed by atoms with van der Waals surface area (Å²) in [4.78, 5) is 12.8. The van der Waals surface area contributed by atoms with Gasteiger partial charge in [0.15, 0.2) is 0 Å². The van der Waals surface area contributed by atoms with Crippen molar-refractivity contribution in [3.8, 4) is 0 Å². The Labute approximate surface area is 56.5 Å². The van der Waals surface area contributed by atoms with Crippen molar-refractivity contribution < 1.29 is 0 Å². The molecule has 1 heterocycles. The molecule has 0 aliphatic carbocycles. The zero-order chi connectivity index (χ0) is 6.85. The molecule has 0 aromatic carbocycles. The van der Waals surface area contributed by atoms with Gasteiger partial charge < -0.3 is 10.7 Å². The second-order valence-electron chi connectivity index (χ2n) is 1.62. The van der Waals surface area contributed by atoms with E-state index in [0.29, 0.717) is 5.02 Å². The maximum atomic E-state index is 10.5. The number of aromatic amines is 1. The average molecular weight is 145 g/mol. The Kier molecular flexibility index (Phi) is 1.44. The molecule has 0 unspecified atom stereocenters. The number of halogens is 1. The third-order valence-corrected chi connectivity index (χ3v) is 1.05. The molecule has 3 nitrogen and oxygen atoms in total. The summed E-state index contributed by atoms with van der Waals surface area (Å²) in [6.07, 6.45) is 0. The van der Waals surface area contributed by atoms with Gasteiger partial charge in [-0.2, -0.15) is 0 Å². The Morgan fingerprint density at radius 2 is 2.22 bits per heavy atom. The number of hydrogen-bond donors (Lipinski definition) is 2. The van der Waals surface area contributed by atoms with Crippen LogP contribution in [0.2, 0.25) is 5.02 Å². The number of nitrogens with one attached hydrogen (secondary N) is 1. The van der Waals surface area contributed by atoms with Crippen LogP contribution in [0.1, 0.15) is 0 Å². The van der Waals surface area contributed by atoms with Crippen LogP contribution in [-0.4, -0.2) is 4.98 Å². The predicted molar refractivity (Wildman–Crippen MR) is 36.5 cm³/mol. The third kappa shape index (κ3) is 1.47. The minimum atomic E-state index is -0.278. The Morgan fingerprint density at radius 1 is 1.56 bits per heavy atom. The number of anilines is 1. The Hall–Kier alpha value is -0.960. The number of aromatic nitrogens is 1.